The topological polar surface area (TPSA) is 69.7 Å². The second-order valence-electron chi connectivity index (χ2n) is 6.99. The molecule has 1 atom stereocenters. The number of rotatable bonds is 6. The first-order valence-electron chi connectivity index (χ1n) is 8.90. The largest absolute Gasteiger partial charge is 0.315 e. The lowest BCUT2D eigenvalue weighted by Gasteiger charge is -2.27. The number of sulfonamides is 1. The summed E-state index contributed by atoms with van der Waals surface area (Å²) in [5.41, 5.74) is 2.71. The number of carbonyl (C=O) groups is 1. The van der Waals surface area contributed by atoms with Crippen molar-refractivity contribution < 1.29 is 13.2 Å². The van der Waals surface area contributed by atoms with Gasteiger partial charge in [0, 0.05) is 31.7 Å². The number of hydrogen-bond donors (Lipinski definition) is 1. The zero-order valence-electron chi connectivity index (χ0n) is 15.8. The molecular formula is C20H25N3O3S. The van der Waals surface area contributed by atoms with Gasteiger partial charge in [-0.05, 0) is 49.8 Å². The fourth-order valence-corrected chi connectivity index (χ4v) is 4.43. The highest BCUT2D eigenvalue weighted by atomic mass is 32.2. The predicted molar refractivity (Wildman–Crippen MR) is 106 cm³/mol. The molecule has 1 heterocycles. The van der Waals surface area contributed by atoms with E-state index in [-0.39, 0.29) is 23.4 Å². The summed E-state index contributed by atoms with van der Waals surface area (Å²) >= 11 is 0. The number of benzene rings is 2. The number of nitrogens with zero attached hydrogens (tertiary/aromatic N) is 2. The molecule has 2 aromatic carbocycles. The maximum Gasteiger partial charge on any atom is 0.240 e. The Hall–Kier alpha value is -2.22. The van der Waals surface area contributed by atoms with E-state index >= 15 is 0 Å². The van der Waals surface area contributed by atoms with E-state index in [1.54, 1.807) is 30.1 Å². The van der Waals surface area contributed by atoms with Gasteiger partial charge in [-0.25, -0.2) is 13.1 Å². The molecule has 1 N–H and O–H groups in total. The van der Waals surface area contributed by atoms with Crippen LogP contribution in [0.25, 0.3) is 0 Å². The lowest BCUT2D eigenvalue weighted by atomic mass is 10.0. The molecule has 0 spiro atoms. The van der Waals surface area contributed by atoms with Crippen molar-refractivity contribution in [3.63, 3.8) is 0 Å². The number of hydrogen-bond acceptors (Lipinski definition) is 4. The first-order chi connectivity index (χ1) is 12.8. The van der Waals surface area contributed by atoms with Crippen LogP contribution >= 0.6 is 0 Å². The molecule has 3 rings (SSSR count). The minimum absolute atomic E-state index is 0.0490. The van der Waals surface area contributed by atoms with Crippen LogP contribution in [0.1, 0.15) is 23.6 Å². The predicted octanol–water partition coefficient (Wildman–Crippen LogP) is 2.18. The number of carbonyl (C=O) groups excluding carboxylic acids is 1. The van der Waals surface area contributed by atoms with Gasteiger partial charge in [0.1, 0.15) is 0 Å². The number of fused-ring (bicyclic) bond motifs is 1. The quantitative estimate of drug-likeness (QED) is 0.825. The number of anilines is 1. The molecule has 1 aliphatic heterocycles. The number of nitrogens with one attached hydrogen (secondary N) is 1. The zero-order valence-corrected chi connectivity index (χ0v) is 16.7. The van der Waals surface area contributed by atoms with E-state index in [0.29, 0.717) is 12.8 Å². The van der Waals surface area contributed by atoms with Gasteiger partial charge in [0.15, 0.2) is 0 Å². The summed E-state index contributed by atoms with van der Waals surface area (Å²) in [7, 11) is 1.93. The molecule has 7 heteroatoms. The molecule has 0 fully saturated rings. The summed E-state index contributed by atoms with van der Waals surface area (Å²) in [6, 6.07) is 14.7. The normalized spacial score (nSPS) is 15.7. The fourth-order valence-electron chi connectivity index (χ4n) is 3.35. The van der Waals surface area contributed by atoms with E-state index < -0.39 is 10.0 Å². The van der Waals surface area contributed by atoms with Crippen LogP contribution in [0.5, 0.6) is 0 Å². The zero-order chi connectivity index (χ0) is 19.6. The monoisotopic (exact) mass is 387 g/mol. The molecule has 0 aliphatic carbocycles. The van der Waals surface area contributed by atoms with Crippen molar-refractivity contribution in [1.82, 2.24) is 9.62 Å². The van der Waals surface area contributed by atoms with Crippen molar-refractivity contribution in [1.29, 1.82) is 0 Å². The SMILES string of the molecule is CN1C(=O)CCc2cc(S(=O)(=O)NCC(c3ccccc3)N(C)C)ccc21. The van der Waals surface area contributed by atoms with E-state index in [0.717, 1.165) is 16.8 Å². The van der Waals surface area contributed by atoms with E-state index in [1.165, 1.54) is 0 Å². The number of likely N-dealkylation sites (N-methyl/N-ethyl adjacent to an activating group) is 1. The summed E-state index contributed by atoms with van der Waals surface area (Å²) in [5.74, 6) is 0.0490. The maximum atomic E-state index is 12.8. The lowest BCUT2D eigenvalue weighted by Crippen LogP contribution is -2.35. The third kappa shape index (κ3) is 4.21. The molecule has 1 amide bonds. The summed E-state index contributed by atoms with van der Waals surface area (Å²) < 4.78 is 28.4. The van der Waals surface area contributed by atoms with E-state index in [1.807, 2.05) is 49.3 Å². The highest BCUT2D eigenvalue weighted by Crippen LogP contribution is 2.29. The van der Waals surface area contributed by atoms with E-state index in [2.05, 4.69) is 4.72 Å². The Kier molecular flexibility index (Phi) is 5.64. The van der Waals surface area contributed by atoms with Gasteiger partial charge >= 0.3 is 0 Å². The van der Waals surface area contributed by atoms with E-state index in [9.17, 15) is 13.2 Å². The first-order valence-corrected chi connectivity index (χ1v) is 10.4. The molecule has 0 bridgehead atoms. The average molecular weight is 388 g/mol. The molecule has 6 nitrogen and oxygen atoms in total. The van der Waals surface area contributed by atoms with Crippen LogP contribution in [0.4, 0.5) is 5.69 Å². The molecular weight excluding hydrogens is 362 g/mol. The maximum absolute atomic E-state index is 12.8. The molecule has 144 valence electrons. The van der Waals surface area contributed by atoms with Gasteiger partial charge in [-0.2, -0.15) is 0 Å². The molecule has 1 aliphatic rings. The number of aryl methyl sites for hydroxylation is 1. The smallest absolute Gasteiger partial charge is 0.240 e. The Morgan fingerprint density at radius 3 is 2.48 bits per heavy atom. The molecule has 2 aromatic rings. The van der Waals surface area contributed by atoms with Gasteiger partial charge in [0.05, 0.1) is 4.90 Å². The van der Waals surface area contributed by atoms with Gasteiger partial charge in [0.25, 0.3) is 0 Å². The Balaban J connectivity index is 1.80. The van der Waals surface area contributed by atoms with Crippen LogP contribution in [-0.2, 0) is 21.2 Å². The Labute approximate surface area is 160 Å². The second kappa shape index (κ2) is 7.80. The van der Waals surface area contributed by atoms with Crippen molar-refractivity contribution in [2.75, 3.05) is 32.6 Å². The Morgan fingerprint density at radius 2 is 1.81 bits per heavy atom. The van der Waals surface area contributed by atoms with Crippen LogP contribution in [0.3, 0.4) is 0 Å². The van der Waals surface area contributed by atoms with Gasteiger partial charge < -0.3 is 9.80 Å². The van der Waals surface area contributed by atoms with Gasteiger partial charge in [-0.15, -0.1) is 0 Å². The number of amides is 1. The average Bonchev–Trinajstić information content (AvgIpc) is 2.65. The van der Waals surface area contributed by atoms with Crippen molar-refractivity contribution >= 4 is 21.6 Å². The Morgan fingerprint density at radius 1 is 1.11 bits per heavy atom. The van der Waals surface area contributed by atoms with Gasteiger partial charge in [0.2, 0.25) is 15.9 Å². The molecule has 0 saturated carbocycles. The summed E-state index contributed by atoms with van der Waals surface area (Å²) in [6.45, 7) is 0.273. The second-order valence-corrected chi connectivity index (χ2v) is 8.75. The molecule has 0 radical (unpaired) electrons. The molecule has 27 heavy (non-hydrogen) atoms. The van der Waals surface area contributed by atoms with Crippen molar-refractivity contribution in [2.45, 2.75) is 23.8 Å². The van der Waals surface area contributed by atoms with Crippen molar-refractivity contribution in [3.8, 4) is 0 Å². The van der Waals surface area contributed by atoms with Crippen LogP contribution < -0.4 is 9.62 Å². The third-order valence-corrected chi connectivity index (χ3v) is 6.40. The summed E-state index contributed by atoms with van der Waals surface area (Å²) in [6.07, 6.45) is 0.962. The van der Waals surface area contributed by atoms with Crippen LogP contribution in [-0.4, -0.2) is 46.9 Å². The Bertz CT molecular complexity index is 927. The molecule has 0 saturated heterocycles. The first kappa shape index (κ1) is 19.5. The fraction of sp³-hybridized carbons (Fsp3) is 0.350. The highest BCUT2D eigenvalue weighted by Gasteiger charge is 2.24. The lowest BCUT2D eigenvalue weighted by molar-refractivity contribution is -0.118. The minimum atomic E-state index is -3.64. The van der Waals surface area contributed by atoms with Crippen LogP contribution in [0.15, 0.2) is 53.4 Å². The minimum Gasteiger partial charge on any atom is -0.315 e. The van der Waals surface area contributed by atoms with Gasteiger partial charge in [-0.1, -0.05) is 30.3 Å². The third-order valence-electron chi connectivity index (χ3n) is 4.98. The van der Waals surface area contributed by atoms with Crippen molar-refractivity contribution in [3.05, 3.63) is 59.7 Å². The molecule has 1 unspecified atom stereocenters. The standard InChI is InChI=1S/C20H25N3O3S/c1-22(2)19(15-7-5-4-6-8-15)14-21-27(25,26)17-10-11-18-16(13-17)9-12-20(24)23(18)3/h4-8,10-11,13,19,21H,9,12,14H2,1-3H3. The van der Waals surface area contributed by atoms with Crippen molar-refractivity contribution in [2.24, 2.45) is 0 Å². The van der Waals surface area contributed by atoms with Crippen LogP contribution in [0, 0.1) is 0 Å². The summed E-state index contributed by atoms with van der Waals surface area (Å²) in [5, 5.41) is 0. The van der Waals surface area contributed by atoms with E-state index in [4.69, 9.17) is 0 Å². The summed E-state index contributed by atoms with van der Waals surface area (Å²) in [4.78, 5) is 15.6. The van der Waals surface area contributed by atoms with Gasteiger partial charge in [-0.3, -0.25) is 4.79 Å². The highest BCUT2D eigenvalue weighted by molar-refractivity contribution is 7.89. The molecule has 0 aromatic heterocycles. The van der Waals surface area contributed by atoms with Crippen LogP contribution in [0.2, 0.25) is 0 Å².